The molecule has 2 nitrogen and oxygen atoms in total. The highest BCUT2D eigenvalue weighted by Gasteiger charge is 2.32. The van der Waals surface area contributed by atoms with Gasteiger partial charge in [-0.3, -0.25) is 0 Å². The summed E-state index contributed by atoms with van der Waals surface area (Å²) in [6.07, 6.45) is 4.21. The number of carbonyl (C=O) groups excluding carboxylic acids is 1. The third kappa shape index (κ3) is 2.11. The third-order valence-electron chi connectivity index (χ3n) is 4.92. The van der Waals surface area contributed by atoms with Gasteiger partial charge in [-0.05, 0) is 41.5 Å². The molecule has 2 aromatic carbocycles. The van der Waals surface area contributed by atoms with Gasteiger partial charge in [0.1, 0.15) is 6.29 Å². The molecule has 2 heteroatoms. The molecule has 1 heterocycles. The first-order chi connectivity index (χ1) is 10.4. The molecule has 0 bridgehead atoms. The number of carbonyl (C=O) groups is 1. The van der Waals surface area contributed by atoms with E-state index in [2.05, 4.69) is 53.8 Å². The molecule has 4 rings (SSSR count). The van der Waals surface area contributed by atoms with Crippen LogP contribution in [0.25, 0.3) is 11.1 Å². The van der Waals surface area contributed by atoms with Crippen LogP contribution in [0.3, 0.4) is 0 Å². The maximum Gasteiger partial charge on any atom is 0.136 e. The molecule has 0 amide bonds. The lowest BCUT2D eigenvalue weighted by atomic mass is 9.90. The van der Waals surface area contributed by atoms with E-state index in [1.54, 1.807) is 0 Å². The Bertz CT molecular complexity index is 633. The zero-order valence-corrected chi connectivity index (χ0v) is 12.0. The van der Waals surface area contributed by atoms with Crippen molar-refractivity contribution in [3.05, 3.63) is 59.7 Å². The Labute approximate surface area is 125 Å². The molecular formula is C19H19NO. The molecule has 21 heavy (non-hydrogen) atoms. The van der Waals surface area contributed by atoms with Crippen molar-refractivity contribution >= 4 is 6.29 Å². The fourth-order valence-corrected chi connectivity index (χ4v) is 3.94. The molecule has 1 N–H and O–H groups in total. The zero-order valence-electron chi connectivity index (χ0n) is 12.0. The van der Waals surface area contributed by atoms with E-state index in [0.29, 0.717) is 12.0 Å². The van der Waals surface area contributed by atoms with Gasteiger partial charge >= 0.3 is 0 Å². The molecular weight excluding hydrogens is 258 g/mol. The Morgan fingerprint density at radius 1 is 0.952 bits per heavy atom. The Hall–Kier alpha value is -1.93. The smallest absolute Gasteiger partial charge is 0.136 e. The first-order valence-electron chi connectivity index (χ1n) is 7.76. The quantitative estimate of drug-likeness (QED) is 0.870. The van der Waals surface area contributed by atoms with E-state index in [1.165, 1.54) is 22.3 Å². The standard InChI is InChI=1S/C19H19NO/c21-12-14-10-9-13(20-14)11-19-17-7-3-1-5-15(17)16-6-2-4-8-18(16)19/h1-8,12-14,19-20H,9-11H2. The van der Waals surface area contributed by atoms with Gasteiger partial charge in [0, 0.05) is 12.0 Å². The topological polar surface area (TPSA) is 29.1 Å². The second-order valence-electron chi connectivity index (χ2n) is 6.15. The lowest BCUT2D eigenvalue weighted by Crippen LogP contribution is -2.31. The van der Waals surface area contributed by atoms with Gasteiger partial charge in [-0.2, -0.15) is 0 Å². The van der Waals surface area contributed by atoms with E-state index in [1.807, 2.05) is 0 Å². The van der Waals surface area contributed by atoms with Crippen molar-refractivity contribution in [2.75, 3.05) is 0 Å². The molecule has 0 radical (unpaired) electrons. The molecule has 1 aliphatic carbocycles. The van der Waals surface area contributed by atoms with Gasteiger partial charge in [0.25, 0.3) is 0 Å². The van der Waals surface area contributed by atoms with E-state index < -0.39 is 0 Å². The van der Waals surface area contributed by atoms with Crippen LogP contribution in [0.15, 0.2) is 48.5 Å². The van der Waals surface area contributed by atoms with Gasteiger partial charge in [0.2, 0.25) is 0 Å². The number of rotatable bonds is 3. The van der Waals surface area contributed by atoms with Gasteiger partial charge < -0.3 is 10.1 Å². The molecule has 0 aromatic heterocycles. The third-order valence-corrected chi connectivity index (χ3v) is 4.92. The van der Waals surface area contributed by atoms with E-state index >= 15 is 0 Å². The second kappa shape index (κ2) is 5.12. The van der Waals surface area contributed by atoms with Crippen molar-refractivity contribution in [1.82, 2.24) is 5.32 Å². The number of benzene rings is 2. The zero-order chi connectivity index (χ0) is 14.2. The summed E-state index contributed by atoms with van der Waals surface area (Å²) in [5.41, 5.74) is 5.64. The van der Waals surface area contributed by atoms with Crippen LogP contribution >= 0.6 is 0 Å². The molecule has 1 fully saturated rings. The lowest BCUT2D eigenvalue weighted by molar-refractivity contribution is -0.109. The van der Waals surface area contributed by atoms with Gasteiger partial charge in [-0.15, -0.1) is 0 Å². The average molecular weight is 277 g/mol. The van der Waals surface area contributed by atoms with Crippen LogP contribution < -0.4 is 5.32 Å². The molecule has 1 saturated heterocycles. The Morgan fingerprint density at radius 3 is 2.14 bits per heavy atom. The van der Waals surface area contributed by atoms with Crippen molar-refractivity contribution in [1.29, 1.82) is 0 Å². The summed E-state index contributed by atoms with van der Waals surface area (Å²) in [6.45, 7) is 0. The predicted octanol–water partition coefficient (Wildman–Crippen LogP) is 3.51. The number of hydrogen-bond acceptors (Lipinski definition) is 2. The Morgan fingerprint density at radius 2 is 1.57 bits per heavy atom. The molecule has 106 valence electrons. The van der Waals surface area contributed by atoms with Crippen LogP contribution in [0.1, 0.15) is 36.3 Å². The number of nitrogens with one attached hydrogen (secondary N) is 1. The van der Waals surface area contributed by atoms with Crippen LogP contribution in [-0.4, -0.2) is 18.4 Å². The predicted molar refractivity (Wildman–Crippen MR) is 84.3 cm³/mol. The summed E-state index contributed by atoms with van der Waals surface area (Å²) < 4.78 is 0. The van der Waals surface area contributed by atoms with Crippen molar-refractivity contribution < 1.29 is 4.79 Å². The minimum absolute atomic E-state index is 0.0573. The van der Waals surface area contributed by atoms with Gasteiger partial charge in [0.15, 0.2) is 0 Å². The lowest BCUT2D eigenvalue weighted by Gasteiger charge is -2.19. The number of aldehydes is 1. The van der Waals surface area contributed by atoms with Gasteiger partial charge in [-0.1, -0.05) is 48.5 Å². The number of hydrogen-bond donors (Lipinski definition) is 1. The summed E-state index contributed by atoms with van der Waals surface area (Å²) in [5, 5.41) is 3.46. The maximum atomic E-state index is 10.9. The minimum Gasteiger partial charge on any atom is -0.305 e. The van der Waals surface area contributed by atoms with E-state index in [-0.39, 0.29) is 6.04 Å². The SMILES string of the molecule is O=CC1CCC(CC2c3ccccc3-c3ccccc32)N1. The summed E-state index contributed by atoms with van der Waals surface area (Å²) in [5.74, 6) is 0.459. The highest BCUT2D eigenvalue weighted by atomic mass is 16.1. The molecule has 2 aromatic rings. The van der Waals surface area contributed by atoms with Crippen LogP contribution in [0.4, 0.5) is 0 Å². The summed E-state index contributed by atoms with van der Waals surface area (Å²) in [4.78, 5) is 10.9. The molecule has 2 aliphatic rings. The molecule has 0 saturated carbocycles. The van der Waals surface area contributed by atoms with Crippen LogP contribution in [0.5, 0.6) is 0 Å². The largest absolute Gasteiger partial charge is 0.305 e. The Kier molecular flexibility index (Phi) is 3.12. The molecule has 0 spiro atoms. The fourth-order valence-electron chi connectivity index (χ4n) is 3.94. The summed E-state index contributed by atoms with van der Waals surface area (Å²) in [6, 6.07) is 18.0. The van der Waals surface area contributed by atoms with Crippen molar-refractivity contribution in [2.24, 2.45) is 0 Å². The maximum absolute atomic E-state index is 10.9. The summed E-state index contributed by atoms with van der Waals surface area (Å²) >= 11 is 0. The molecule has 2 atom stereocenters. The normalized spacial score (nSPS) is 23.8. The highest BCUT2D eigenvalue weighted by molar-refractivity contribution is 5.78. The van der Waals surface area contributed by atoms with Crippen molar-refractivity contribution in [3.63, 3.8) is 0 Å². The Balaban J connectivity index is 1.67. The van der Waals surface area contributed by atoms with E-state index in [4.69, 9.17) is 0 Å². The van der Waals surface area contributed by atoms with Crippen LogP contribution in [0.2, 0.25) is 0 Å². The minimum atomic E-state index is 0.0573. The molecule has 2 unspecified atom stereocenters. The first kappa shape index (κ1) is 12.8. The van der Waals surface area contributed by atoms with Crippen LogP contribution in [0, 0.1) is 0 Å². The highest BCUT2D eigenvalue weighted by Crippen LogP contribution is 2.47. The summed E-state index contributed by atoms with van der Waals surface area (Å²) in [7, 11) is 0. The van der Waals surface area contributed by atoms with Crippen molar-refractivity contribution in [2.45, 2.75) is 37.3 Å². The monoisotopic (exact) mass is 277 g/mol. The van der Waals surface area contributed by atoms with E-state index in [9.17, 15) is 4.79 Å². The number of fused-ring (bicyclic) bond motifs is 3. The van der Waals surface area contributed by atoms with E-state index in [0.717, 1.165) is 25.5 Å². The molecule has 1 aliphatic heterocycles. The second-order valence-corrected chi connectivity index (χ2v) is 6.15. The average Bonchev–Trinajstić information content (AvgIpc) is 3.12. The van der Waals surface area contributed by atoms with Gasteiger partial charge in [-0.25, -0.2) is 0 Å². The fraction of sp³-hybridized carbons (Fsp3) is 0.316. The van der Waals surface area contributed by atoms with Crippen LogP contribution in [-0.2, 0) is 4.79 Å². The first-order valence-corrected chi connectivity index (χ1v) is 7.76. The van der Waals surface area contributed by atoms with Crippen molar-refractivity contribution in [3.8, 4) is 11.1 Å². The van der Waals surface area contributed by atoms with Gasteiger partial charge in [0.05, 0.1) is 6.04 Å².